The summed E-state index contributed by atoms with van der Waals surface area (Å²) >= 11 is 0. The van der Waals surface area contributed by atoms with Crippen LogP contribution in [0.2, 0.25) is 0 Å². The Labute approximate surface area is 122 Å². The zero-order valence-electron chi connectivity index (χ0n) is 11.7. The number of hydrogen-bond acceptors (Lipinski definition) is 6. The molecule has 8 nitrogen and oxygen atoms in total. The Morgan fingerprint density at radius 2 is 2.10 bits per heavy atom. The van der Waals surface area contributed by atoms with E-state index in [-0.39, 0.29) is 13.2 Å². The van der Waals surface area contributed by atoms with Gasteiger partial charge in [0.05, 0.1) is 6.26 Å². The third-order valence-corrected chi connectivity index (χ3v) is 4.06. The summed E-state index contributed by atoms with van der Waals surface area (Å²) in [4.78, 5) is 0. The number of rotatable bonds is 7. The second-order valence-corrected chi connectivity index (χ2v) is 6.23. The fourth-order valence-electron chi connectivity index (χ4n) is 1.41. The molecular weight excluding hydrogens is 296 g/mol. The average molecular weight is 312 g/mol. The maximum atomic E-state index is 11.4. The SMILES string of the molecule is CN(C)S(=O)(=O)NCCOc1ccc(-c2ccco2)nn1. The highest BCUT2D eigenvalue weighted by Crippen LogP contribution is 2.17. The monoisotopic (exact) mass is 312 g/mol. The Morgan fingerprint density at radius 3 is 2.67 bits per heavy atom. The van der Waals surface area contributed by atoms with Crippen LogP contribution in [0.25, 0.3) is 11.5 Å². The van der Waals surface area contributed by atoms with Gasteiger partial charge in [-0.15, -0.1) is 10.2 Å². The molecule has 2 heterocycles. The first-order valence-electron chi connectivity index (χ1n) is 6.16. The number of furan rings is 1. The van der Waals surface area contributed by atoms with E-state index in [9.17, 15) is 8.42 Å². The third-order valence-electron chi connectivity index (χ3n) is 2.53. The van der Waals surface area contributed by atoms with Gasteiger partial charge >= 0.3 is 0 Å². The molecule has 0 unspecified atom stereocenters. The molecule has 0 saturated heterocycles. The van der Waals surface area contributed by atoms with E-state index < -0.39 is 10.2 Å². The van der Waals surface area contributed by atoms with Crippen molar-refractivity contribution in [3.63, 3.8) is 0 Å². The van der Waals surface area contributed by atoms with Crippen molar-refractivity contribution >= 4 is 10.2 Å². The summed E-state index contributed by atoms with van der Waals surface area (Å²) in [5, 5.41) is 7.85. The van der Waals surface area contributed by atoms with Crippen LogP contribution in [0.4, 0.5) is 0 Å². The van der Waals surface area contributed by atoms with Gasteiger partial charge in [0.15, 0.2) is 5.76 Å². The molecule has 9 heteroatoms. The summed E-state index contributed by atoms with van der Waals surface area (Å²) in [5.74, 6) is 0.933. The largest absolute Gasteiger partial charge is 0.475 e. The summed E-state index contributed by atoms with van der Waals surface area (Å²) in [6, 6.07) is 6.90. The Kier molecular flexibility index (Phi) is 4.89. The minimum Gasteiger partial charge on any atom is -0.475 e. The summed E-state index contributed by atoms with van der Waals surface area (Å²) in [7, 11) is -0.541. The van der Waals surface area contributed by atoms with Crippen LogP contribution in [-0.4, -0.2) is 50.2 Å². The highest BCUT2D eigenvalue weighted by Gasteiger charge is 2.11. The van der Waals surface area contributed by atoms with Crippen molar-refractivity contribution in [2.45, 2.75) is 0 Å². The predicted molar refractivity (Wildman–Crippen MR) is 75.8 cm³/mol. The highest BCUT2D eigenvalue weighted by atomic mass is 32.2. The van der Waals surface area contributed by atoms with Crippen LogP contribution in [0.5, 0.6) is 5.88 Å². The first kappa shape index (κ1) is 15.4. The van der Waals surface area contributed by atoms with Gasteiger partial charge in [0, 0.05) is 26.7 Å². The summed E-state index contributed by atoms with van der Waals surface area (Å²) < 4.78 is 36.8. The van der Waals surface area contributed by atoms with Gasteiger partial charge in [-0.3, -0.25) is 0 Å². The second kappa shape index (κ2) is 6.66. The zero-order chi connectivity index (χ0) is 15.3. The van der Waals surface area contributed by atoms with Crippen molar-refractivity contribution in [2.24, 2.45) is 0 Å². The number of nitrogens with zero attached hydrogens (tertiary/aromatic N) is 3. The average Bonchev–Trinajstić information content (AvgIpc) is 2.98. The van der Waals surface area contributed by atoms with Crippen molar-refractivity contribution in [3.8, 4) is 17.3 Å². The van der Waals surface area contributed by atoms with Gasteiger partial charge in [0.25, 0.3) is 10.2 Å². The van der Waals surface area contributed by atoms with Crippen LogP contribution >= 0.6 is 0 Å². The summed E-state index contributed by atoms with van der Waals surface area (Å²) in [6.45, 7) is 0.296. The fourth-order valence-corrected chi connectivity index (χ4v) is 2.01. The Bertz CT molecular complexity index is 653. The molecule has 2 aromatic heterocycles. The van der Waals surface area contributed by atoms with Crippen LogP contribution in [0.1, 0.15) is 0 Å². The molecule has 0 saturated carbocycles. The van der Waals surface area contributed by atoms with Crippen molar-refractivity contribution in [2.75, 3.05) is 27.2 Å². The molecule has 0 fully saturated rings. The molecule has 21 heavy (non-hydrogen) atoms. The lowest BCUT2D eigenvalue weighted by atomic mass is 10.3. The van der Waals surface area contributed by atoms with Gasteiger partial charge < -0.3 is 9.15 Å². The van der Waals surface area contributed by atoms with Gasteiger partial charge in [0.1, 0.15) is 12.3 Å². The van der Waals surface area contributed by atoms with Gasteiger partial charge in [0.2, 0.25) is 5.88 Å². The van der Waals surface area contributed by atoms with Crippen molar-refractivity contribution in [3.05, 3.63) is 30.5 Å². The first-order chi connectivity index (χ1) is 9.99. The van der Waals surface area contributed by atoms with Crippen LogP contribution in [0, 0.1) is 0 Å². The van der Waals surface area contributed by atoms with Gasteiger partial charge in [-0.2, -0.15) is 17.4 Å². The molecule has 0 aromatic carbocycles. The molecule has 0 atom stereocenters. The van der Waals surface area contributed by atoms with Crippen LogP contribution in [-0.2, 0) is 10.2 Å². The second-order valence-electron chi connectivity index (χ2n) is 4.26. The lowest BCUT2D eigenvalue weighted by Gasteiger charge is -2.12. The van der Waals surface area contributed by atoms with E-state index in [1.807, 2.05) is 0 Å². The normalized spacial score (nSPS) is 11.8. The maximum Gasteiger partial charge on any atom is 0.279 e. The Balaban J connectivity index is 1.82. The van der Waals surface area contributed by atoms with Crippen molar-refractivity contribution in [1.82, 2.24) is 19.2 Å². The van der Waals surface area contributed by atoms with Crippen LogP contribution in [0.3, 0.4) is 0 Å². The molecule has 1 N–H and O–H groups in total. The van der Waals surface area contributed by atoms with Crippen molar-refractivity contribution in [1.29, 1.82) is 0 Å². The van der Waals surface area contributed by atoms with E-state index >= 15 is 0 Å². The van der Waals surface area contributed by atoms with Gasteiger partial charge in [-0.05, 0) is 18.2 Å². The van der Waals surface area contributed by atoms with E-state index in [0.717, 1.165) is 4.31 Å². The van der Waals surface area contributed by atoms with Crippen LogP contribution < -0.4 is 9.46 Å². The molecule has 0 aliphatic heterocycles. The molecule has 0 aliphatic carbocycles. The van der Waals surface area contributed by atoms with Crippen molar-refractivity contribution < 1.29 is 17.6 Å². The predicted octanol–water partition coefficient (Wildman–Crippen LogP) is 0.511. The first-order valence-corrected chi connectivity index (χ1v) is 7.60. The molecule has 0 aliphatic rings. The van der Waals surface area contributed by atoms with E-state index in [1.54, 1.807) is 30.5 Å². The van der Waals surface area contributed by atoms with E-state index in [2.05, 4.69) is 14.9 Å². The minimum atomic E-state index is -3.43. The number of ether oxygens (including phenoxy) is 1. The molecule has 0 bridgehead atoms. The summed E-state index contributed by atoms with van der Waals surface area (Å²) in [5.41, 5.74) is 0.598. The zero-order valence-corrected chi connectivity index (χ0v) is 12.5. The fraction of sp³-hybridized carbons (Fsp3) is 0.333. The summed E-state index contributed by atoms with van der Waals surface area (Å²) in [6.07, 6.45) is 1.55. The molecular formula is C12H16N4O4S. The standard InChI is InChI=1S/C12H16N4O4S/c1-16(2)21(17,18)13-7-9-20-12-6-5-10(14-15-12)11-4-3-8-19-11/h3-6,8,13H,7,9H2,1-2H3. The smallest absolute Gasteiger partial charge is 0.279 e. The quantitative estimate of drug-likeness (QED) is 0.748. The lowest BCUT2D eigenvalue weighted by molar-refractivity contribution is 0.306. The molecule has 114 valence electrons. The molecule has 0 radical (unpaired) electrons. The number of aromatic nitrogens is 2. The molecule has 2 rings (SSSR count). The van der Waals surface area contributed by atoms with Gasteiger partial charge in [-0.25, -0.2) is 0 Å². The molecule has 0 amide bonds. The Hall–Kier alpha value is -1.97. The number of hydrogen-bond donors (Lipinski definition) is 1. The van der Waals surface area contributed by atoms with E-state index in [0.29, 0.717) is 17.3 Å². The van der Waals surface area contributed by atoms with Crippen LogP contribution in [0.15, 0.2) is 34.9 Å². The molecule has 2 aromatic rings. The maximum absolute atomic E-state index is 11.4. The molecule has 0 spiro atoms. The topological polar surface area (TPSA) is 97.6 Å². The lowest BCUT2D eigenvalue weighted by Crippen LogP contribution is -2.37. The minimum absolute atomic E-state index is 0.141. The van der Waals surface area contributed by atoms with E-state index in [4.69, 9.17) is 9.15 Å². The van der Waals surface area contributed by atoms with E-state index in [1.165, 1.54) is 14.1 Å². The highest BCUT2D eigenvalue weighted by molar-refractivity contribution is 7.87. The number of nitrogens with one attached hydrogen (secondary N) is 1. The third kappa shape index (κ3) is 4.25. The Morgan fingerprint density at radius 1 is 1.29 bits per heavy atom. The van der Waals surface area contributed by atoms with Gasteiger partial charge in [-0.1, -0.05) is 0 Å².